The van der Waals surface area contributed by atoms with Gasteiger partial charge in [0.25, 0.3) is 0 Å². The third kappa shape index (κ3) is 3.36. The molecule has 0 aromatic heterocycles. The zero-order valence-electron chi connectivity index (χ0n) is 5.32. The smallest absolute Gasteiger partial charge is 0.206 e. The molecule has 0 spiro atoms. The average Bonchev–Trinajstić information content (AvgIpc) is 1.90. The highest BCUT2D eigenvalue weighted by molar-refractivity contribution is 9.17. The monoisotopic (exact) mass is 255 g/mol. The van der Waals surface area contributed by atoms with Crippen LogP contribution in [0.2, 0.25) is 0 Å². The first kappa shape index (κ1) is 9.63. The molecule has 1 aliphatic rings. The summed E-state index contributed by atoms with van der Waals surface area (Å²) in [5.74, 6) is 0. The van der Waals surface area contributed by atoms with E-state index in [1.54, 1.807) is 0 Å². The summed E-state index contributed by atoms with van der Waals surface area (Å²) in [6, 6.07) is 0. The molecule has 0 saturated carbocycles. The summed E-state index contributed by atoms with van der Waals surface area (Å²) in [6.07, 6.45) is 4.14. The number of halogens is 2. The molecule has 0 bridgehead atoms. The van der Waals surface area contributed by atoms with Crippen LogP contribution in [-0.4, -0.2) is 22.8 Å². The molecular formula is C6H11Br2N. The summed E-state index contributed by atoms with van der Waals surface area (Å²) >= 11 is 3.31. The van der Waals surface area contributed by atoms with E-state index in [-0.39, 0.29) is 17.0 Å². The van der Waals surface area contributed by atoms with E-state index in [0.29, 0.717) is 0 Å². The van der Waals surface area contributed by atoms with Gasteiger partial charge in [0.15, 0.2) is 0 Å². The summed E-state index contributed by atoms with van der Waals surface area (Å²) in [5.41, 5.74) is 0. The van der Waals surface area contributed by atoms with Crippen LogP contribution in [0.3, 0.4) is 0 Å². The Morgan fingerprint density at radius 1 is 1.11 bits per heavy atom. The highest BCUT2D eigenvalue weighted by Gasteiger charge is 2.07. The van der Waals surface area contributed by atoms with E-state index < -0.39 is 0 Å². The molecule has 9 heavy (non-hydrogen) atoms. The molecule has 0 atom stereocenters. The van der Waals surface area contributed by atoms with Crippen molar-refractivity contribution in [2.45, 2.75) is 19.3 Å². The van der Waals surface area contributed by atoms with E-state index in [9.17, 15) is 0 Å². The molecule has 0 aromatic rings. The summed E-state index contributed by atoms with van der Waals surface area (Å²) < 4.78 is 2.31. The van der Waals surface area contributed by atoms with Crippen molar-refractivity contribution in [1.82, 2.24) is 0 Å². The zero-order valence-corrected chi connectivity index (χ0v) is 8.49. The fourth-order valence-electron chi connectivity index (χ4n) is 1.02. The number of nitrogens with zero attached hydrogens (tertiary/aromatic N) is 1. The topological polar surface area (TPSA) is 3.01 Å². The van der Waals surface area contributed by atoms with Gasteiger partial charge in [0, 0.05) is 28.8 Å². The Morgan fingerprint density at radius 3 is 2.00 bits per heavy atom. The Hall–Kier alpha value is 0.630. The van der Waals surface area contributed by atoms with Crippen LogP contribution in [0.5, 0.6) is 0 Å². The van der Waals surface area contributed by atoms with Crippen molar-refractivity contribution in [3.63, 3.8) is 0 Å². The minimum absolute atomic E-state index is 0. The lowest BCUT2D eigenvalue weighted by atomic mass is 10.2. The predicted octanol–water partition coefficient (Wildman–Crippen LogP) is -1.39. The molecule has 1 fully saturated rings. The first-order valence-corrected chi connectivity index (χ1v) is 4.02. The zero-order chi connectivity index (χ0) is 5.82. The standard InChI is InChI=1S/C6H11BrN.BrH/c7-6-8-4-2-1-3-5-8;/h6H,1-5H2;1H/q+1;/p-1. The minimum atomic E-state index is 0. The number of hydrogen-bond acceptors (Lipinski definition) is 0. The Labute approximate surface area is 75.0 Å². The lowest BCUT2D eigenvalue weighted by molar-refractivity contribution is -0.530. The molecular weight excluding hydrogens is 246 g/mol. The van der Waals surface area contributed by atoms with Crippen LogP contribution < -0.4 is 17.0 Å². The molecule has 1 rings (SSSR count). The molecule has 3 heteroatoms. The molecule has 0 aliphatic carbocycles. The maximum atomic E-state index is 3.31. The maximum Gasteiger partial charge on any atom is 0.206 e. The van der Waals surface area contributed by atoms with E-state index >= 15 is 0 Å². The lowest BCUT2D eigenvalue weighted by Crippen LogP contribution is -3.00. The average molecular weight is 257 g/mol. The van der Waals surface area contributed by atoms with E-state index in [2.05, 4.69) is 20.5 Å². The summed E-state index contributed by atoms with van der Waals surface area (Å²) in [5, 5.41) is 2.01. The van der Waals surface area contributed by atoms with Gasteiger partial charge in [0.2, 0.25) is 5.12 Å². The first-order chi connectivity index (χ1) is 3.93. The molecule has 0 radical (unpaired) electrons. The van der Waals surface area contributed by atoms with Crippen LogP contribution in [0.1, 0.15) is 19.3 Å². The maximum absolute atomic E-state index is 3.31. The molecule has 54 valence electrons. The van der Waals surface area contributed by atoms with Crippen LogP contribution in [0.25, 0.3) is 0 Å². The third-order valence-electron chi connectivity index (χ3n) is 1.53. The molecule has 0 N–H and O–H groups in total. The highest BCUT2D eigenvalue weighted by atomic mass is 79.9. The van der Waals surface area contributed by atoms with E-state index in [4.69, 9.17) is 0 Å². The van der Waals surface area contributed by atoms with Gasteiger partial charge in [-0.3, -0.25) is 0 Å². The van der Waals surface area contributed by atoms with Gasteiger partial charge in [-0.2, -0.15) is 0 Å². The number of rotatable bonds is 0. The van der Waals surface area contributed by atoms with Crippen molar-refractivity contribution in [2.24, 2.45) is 0 Å². The van der Waals surface area contributed by atoms with Crippen LogP contribution in [0.4, 0.5) is 0 Å². The van der Waals surface area contributed by atoms with E-state index in [1.165, 1.54) is 32.4 Å². The Kier molecular flexibility index (Phi) is 5.80. The molecule has 1 saturated heterocycles. The second kappa shape index (κ2) is 5.42. The van der Waals surface area contributed by atoms with Gasteiger partial charge in [-0.15, -0.1) is 0 Å². The molecule has 0 unspecified atom stereocenters. The Morgan fingerprint density at radius 2 is 1.67 bits per heavy atom. The van der Waals surface area contributed by atoms with Crippen molar-refractivity contribution in [3.05, 3.63) is 0 Å². The minimum Gasteiger partial charge on any atom is -1.00 e. The quantitative estimate of drug-likeness (QED) is 0.470. The van der Waals surface area contributed by atoms with Crippen molar-refractivity contribution in [3.8, 4) is 0 Å². The predicted molar refractivity (Wildman–Crippen MR) is 38.8 cm³/mol. The Balaban J connectivity index is 0.000000640. The highest BCUT2D eigenvalue weighted by Crippen LogP contribution is 2.03. The molecule has 0 amide bonds. The summed E-state index contributed by atoms with van der Waals surface area (Å²) in [7, 11) is 0. The third-order valence-corrected chi connectivity index (χ3v) is 2.11. The molecule has 0 aromatic carbocycles. The van der Waals surface area contributed by atoms with Crippen LogP contribution in [0, 0.1) is 0 Å². The molecule has 1 heterocycles. The van der Waals surface area contributed by atoms with Crippen molar-refractivity contribution >= 4 is 21.1 Å². The number of hydrogen-bond donors (Lipinski definition) is 0. The van der Waals surface area contributed by atoms with Gasteiger partial charge in [-0.05, 0) is 6.42 Å². The van der Waals surface area contributed by atoms with E-state index in [0.717, 1.165) is 0 Å². The second-order valence-corrected chi connectivity index (χ2v) is 2.60. The molecule has 1 aliphatic heterocycles. The fraction of sp³-hybridized carbons (Fsp3) is 0.833. The Bertz CT molecular complexity index is 93.2. The van der Waals surface area contributed by atoms with Crippen molar-refractivity contribution < 1.29 is 21.6 Å². The van der Waals surface area contributed by atoms with Crippen molar-refractivity contribution in [1.29, 1.82) is 0 Å². The van der Waals surface area contributed by atoms with Crippen LogP contribution in [-0.2, 0) is 0 Å². The second-order valence-electron chi connectivity index (χ2n) is 2.19. The van der Waals surface area contributed by atoms with Gasteiger partial charge < -0.3 is 17.0 Å². The van der Waals surface area contributed by atoms with Crippen molar-refractivity contribution in [2.75, 3.05) is 13.1 Å². The molecule has 1 nitrogen and oxygen atoms in total. The SMILES string of the molecule is BrC=[N+]1CCCCC1.[Br-]. The van der Waals surface area contributed by atoms with Gasteiger partial charge in [0.05, 0.1) is 0 Å². The van der Waals surface area contributed by atoms with E-state index in [1.807, 2.05) is 5.12 Å². The summed E-state index contributed by atoms with van der Waals surface area (Å²) in [4.78, 5) is 0. The largest absolute Gasteiger partial charge is 1.00 e. The fourth-order valence-corrected chi connectivity index (χ4v) is 1.43. The lowest BCUT2D eigenvalue weighted by Gasteiger charge is -2.06. The number of piperidine rings is 1. The van der Waals surface area contributed by atoms with Gasteiger partial charge in [-0.25, -0.2) is 4.58 Å². The van der Waals surface area contributed by atoms with Gasteiger partial charge >= 0.3 is 0 Å². The van der Waals surface area contributed by atoms with Crippen LogP contribution >= 0.6 is 15.9 Å². The normalized spacial score (nSPS) is 18.6. The van der Waals surface area contributed by atoms with Crippen LogP contribution in [0.15, 0.2) is 0 Å². The van der Waals surface area contributed by atoms with Gasteiger partial charge in [0.1, 0.15) is 13.1 Å². The first-order valence-electron chi connectivity index (χ1n) is 3.11. The van der Waals surface area contributed by atoms with Gasteiger partial charge in [-0.1, -0.05) is 0 Å². The summed E-state index contributed by atoms with van der Waals surface area (Å²) in [6.45, 7) is 2.48.